The van der Waals surface area contributed by atoms with Crippen molar-refractivity contribution in [2.45, 2.75) is 31.0 Å². The van der Waals surface area contributed by atoms with Crippen LogP contribution in [0.2, 0.25) is 0 Å². The molecule has 3 atom stereocenters. The second kappa shape index (κ2) is 5.99. The summed E-state index contributed by atoms with van der Waals surface area (Å²) in [7, 11) is 0. The molecule has 1 aromatic rings. The van der Waals surface area contributed by atoms with Crippen molar-refractivity contribution in [3.05, 3.63) is 29.8 Å². The summed E-state index contributed by atoms with van der Waals surface area (Å²) in [5, 5.41) is 9.30. The van der Waals surface area contributed by atoms with Crippen molar-refractivity contribution >= 4 is 5.91 Å². The Hall–Kier alpha value is -1.66. The first-order valence-electron chi connectivity index (χ1n) is 7.24. The van der Waals surface area contributed by atoms with Gasteiger partial charge in [0.2, 0.25) is 0 Å². The van der Waals surface area contributed by atoms with Crippen LogP contribution in [0.5, 0.6) is 5.75 Å². The Morgan fingerprint density at radius 1 is 1.29 bits per heavy atom. The molecule has 6 heteroatoms. The van der Waals surface area contributed by atoms with E-state index in [1.165, 1.54) is 0 Å². The first kappa shape index (κ1) is 14.3. The number of alkyl halides is 1. The van der Waals surface area contributed by atoms with Gasteiger partial charge in [-0.3, -0.25) is 14.5 Å². The maximum absolute atomic E-state index is 14.5. The number of piperidine rings is 1. The molecular formula is C15H19FN2O3. The molecule has 2 aliphatic rings. The average molecular weight is 294 g/mol. The van der Waals surface area contributed by atoms with E-state index < -0.39 is 6.17 Å². The third-order valence-electron chi connectivity index (χ3n) is 4.30. The molecule has 21 heavy (non-hydrogen) atoms. The van der Waals surface area contributed by atoms with Gasteiger partial charge in [-0.1, -0.05) is 12.1 Å². The number of nitrogens with zero attached hydrogens (tertiary/aromatic N) is 1. The van der Waals surface area contributed by atoms with Crippen molar-refractivity contribution in [3.63, 3.8) is 0 Å². The Bertz CT molecular complexity index is 508. The smallest absolute Gasteiger partial charge is 0.260 e. The number of carbonyl (C=O) groups excluding carboxylic acids is 1. The molecule has 2 fully saturated rings. The molecule has 0 spiro atoms. The topological polar surface area (TPSA) is 61.8 Å². The standard InChI is InChI=1S/C15H19FN2O3/c16-13-9-18(14-6-8-21-17-15(14)20)7-5-12(13)10-1-3-11(19)4-2-10/h1-4,12-14,19H,5-9H2,(H,17,20)/t12-,13?,14?/m1/s1. The van der Waals surface area contributed by atoms with Gasteiger partial charge in [0.15, 0.2) is 0 Å². The summed E-state index contributed by atoms with van der Waals surface area (Å²) >= 11 is 0. The lowest BCUT2D eigenvalue weighted by atomic mass is 9.87. The zero-order valence-corrected chi connectivity index (χ0v) is 11.7. The van der Waals surface area contributed by atoms with Crippen molar-refractivity contribution in [1.82, 2.24) is 10.4 Å². The third kappa shape index (κ3) is 3.01. The summed E-state index contributed by atoms with van der Waals surface area (Å²) in [4.78, 5) is 18.6. The van der Waals surface area contributed by atoms with Crippen LogP contribution in [0, 0.1) is 0 Å². The number of aromatic hydroxyl groups is 1. The first-order valence-corrected chi connectivity index (χ1v) is 7.24. The molecular weight excluding hydrogens is 275 g/mol. The fourth-order valence-corrected chi connectivity index (χ4v) is 3.15. The number of hydroxylamine groups is 1. The van der Waals surface area contributed by atoms with Crippen LogP contribution >= 0.6 is 0 Å². The van der Waals surface area contributed by atoms with E-state index in [1.807, 2.05) is 4.90 Å². The molecule has 0 radical (unpaired) electrons. The number of phenolic OH excluding ortho intramolecular Hbond substituents is 1. The lowest BCUT2D eigenvalue weighted by molar-refractivity contribution is -0.148. The van der Waals surface area contributed by atoms with Crippen LogP contribution < -0.4 is 5.48 Å². The van der Waals surface area contributed by atoms with Gasteiger partial charge >= 0.3 is 0 Å². The monoisotopic (exact) mass is 294 g/mol. The lowest BCUT2D eigenvalue weighted by Gasteiger charge is -2.39. The average Bonchev–Trinajstić information content (AvgIpc) is 2.49. The Balaban J connectivity index is 1.66. The van der Waals surface area contributed by atoms with E-state index in [9.17, 15) is 14.3 Å². The number of rotatable bonds is 2. The zero-order chi connectivity index (χ0) is 14.8. The van der Waals surface area contributed by atoms with Crippen molar-refractivity contribution < 1.29 is 19.1 Å². The summed E-state index contributed by atoms with van der Waals surface area (Å²) in [6.45, 7) is 1.40. The molecule has 0 aromatic heterocycles. The fraction of sp³-hybridized carbons (Fsp3) is 0.533. The molecule has 2 saturated heterocycles. The molecule has 2 N–H and O–H groups in total. The molecule has 1 aromatic carbocycles. The number of phenols is 1. The van der Waals surface area contributed by atoms with E-state index in [4.69, 9.17) is 4.84 Å². The van der Waals surface area contributed by atoms with Gasteiger partial charge in [-0.25, -0.2) is 9.87 Å². The second-order valence-electron chi connectivity index (χ2n) is 5.62. The first-order chi connectivity index (χ1) is 10.1. The molecule has 1 amide bonds. The van der Waals surface area contributed by atoms with Gasteiger partial charge in [0.25, 0.3) is 5.91 Å². The van der Waals surface area contributed by atoms with Crippen molar-refractivity contribution in [1.29, 1.82) is 0 Å². The predicted octanol–water partition coefficient (Wildman–Crippen LogP) is 1.34. The quantitative estimate of drug-likeness (QED) is 0.864. The SMILES string of the molecule is O=C1NOCCC1N1CC[C@H](c2ccc(O)cc2)C(F)C1. The number of amides is 1. The summed E-state index contributed by atoms with van der Waals surface area (Å²) in [6.07, 6.45) is 0.248. The van der Waals surface area contributed by atoms with Gasteiger partial charge in [-0.2, -0.15) is 0 Å². The third-order valence-corrected chi connectivity index (χ3v) is 4.30. The Kier molecular flexibility index (Phi) is 4.07. The van der Waals surface area contributed by atoms with Gasteiger partial charge in [-0.15, -0.1) is 0 Å². The van der Waals surface area contributed by atoms with Gasteiger partial charge in [-0.05, 0) is 37.1 Å². The van der Waals surface area contributed by atoms with Crippen LogP contribution in [0.3, 0.4) is 0 Å². The highest BCUT2D eigenvalue weighted by Crippen LogP contribution is 2.32. The van der Waals surface area contributed by atoms with Gasteiger partial charge < -0.3 is 5.11 Å². The molecule has 2 aliphatic heterocycles. The molecule has 5 nitrogen and oxygen atoms in total. The van der Waals surface area contributed by atoms with E-state index in [2.05, 4.69) is 5.48 Å². The van der Waals surface area contributed by atoms with Gasteiger partial charge in [0.05, 0.1) is 12.6 Å². The van der Waals surface area contributed by atoms with Crippen LogP contribution in [0.1, 0.15) is 24.3 Å². The summed E-state index contributed by atoms with van der Waals surface area (Å²) in [5.74, 6) is -0.174. The minimum Gasteiger partial charge on any atom is -0.508 e. The fourth-order valence-electron chi connectivity index (χ4n) is 3.15. The number of carbonyl (C=O) groups is 1. The molecule has 114 valence electrons. The molecule has 2 heterocycles. The van der Waals surface area contributed by atoms with E-state index in [0.717, 1.165) is 5.56 Å². The number of likely N-dealkylation sites (tertiary alicyclic amines) is 1. The van der Waals surface area contributed by atoms with Crippen molar-refractivity contribution in [3.8, 4) is 5.75 Å². The van der Waals surface area contributed by atoms with E-state index in [1.54, 1.807) is 24.3 Å². The normalized spacial score (nSPS) is 30.9. The van der Waals surface area contributed by atoms with Gasteiger partial charge in [0, 0.05) is 12.5 Å². The second-order valence-corrected chi connectivity index (χ2v) is 5.62. The number of nitrogens with one attached hydrogen (secondary N) is 1. The summed E-state index contributed by atoms with van der Waals surface area (Å²) in [6, 6.07) is 6.41. The van der Waals surface area contributed by atoms with E-state index >= 15 is 0 Å². The van der Waals surface area contributed by atoms with E-state index in [0.29, 0.717) is 26.0 Å². The van der Waals surface area contributed by atoms with Crippen LogP contribution in [0.25, 0.3) is 0 Å². The zero-order valence-electron chi connectivity index (χ0n) is 11.7. The maximum atomic E-state index is 14.5. The predicted molar refractivity (Wildman–Crippen MR) is 74.4 cm³/mol. The number of halogens is 1. The number of hydrogen-bond acceptors (Lipinski definition) is 4. The summed E-state index contributed by atoms with van der Waals surface area (Å²) < 4.78 is 14.5. The molecule has 0 saturated carbocycles. The van der Waals surface area contributed by atoms with Gasteiger partial charge in [0.1, 0.15) is 11.9 Å². The largest absolute Gasteiger partial charge is 0.508 e. The minimum atomic E-state index is -1.01. The van der Waals surface area contributed by atoms with Crippen LogP contribution in [0.15, 0.2) is 24.3 Å². The number of hydrogen-bond donors (Lipinski definition) is 2. The van der Waals surface area contributed by atoms with Crippen LogP contribution in [-0.4, -0.2) is 47.8 Å². The Morgan fingerprint density at radius 2 is 2.05 bits per heavy atom. The van der Waals surface area contributed by atoms with Crippen molar-refractivity contribution in [2.24, 2.45) is 0 Å². The Morgan fingerprint density at radius 3 is 2.71 bits per heavy atom. The molecule has 3 rings (SSSR count). The van der Waals surface area contributed by atoms with E-state index in [-0.39, 0.29) is 30.2 Å². The van der Waals surface area contributed by atoms with Crippen LogP contribution in [0.4, 0.5) is 4.39 Å². The molecule has 0 bridgehead atoms. The lowest BCUT2D eigenvalue weighted by Crippen LogP contribution is -2.55. The number of benzene rings is 1. The highest BCUT2D eigenvalue weighted by molar-refractivity contribution is 5.81. The Labute approximate surface area is 122 Å². The minimum absolute atomic E-state index is 0.176. The highest BCUT2D eigenvalue weighted by atomic mass is 19.1. The van der Waals surface area contributed by atoms with Crippen LogP contribution in [-0.2, 0) is 9.63 Å². The van der Waals surface area contributed by atoms with Crippen molar-refractivity contribution in [2.75, 3.05) is 19.7 Å². The molecule has 2 unspecified atom stereocenters. The highest BCUT2D eigenvalue weighted by Gasteiger charge is 2.37. The summed E-state index contributed by atoms with van der Waals surface area (Å²) in [5.41, 5.74) is 3.26. The maximum Gasteiger partial charge on any atom is 0.260 e. The molecule has 0 aliphatic carbocycles.